The molecule has 0 bridgehead atoms. The first-order valence-electron chi connectivity index (χ1n) is 5.70. The van der Waals surface area contributed by atoms with Crippen LogP contribution < -0.4 is 0 Å². The van der Waals surface area contributed by atoms with E-state index in [-0.39, 0.29) is 0 Å². The van der Waals surface area contributed by atoms with E-state index in [1.165, 1.54) is 8.61 Å². The summed E-state index contributed by atoms with van der Waals surface area (Å²) in [5, 5.41) is 0. The van der Waals surface area contributed by atoms with Gasteiger partial charge in [0.15, 0.2) is 0 Å². The lowest BCUT2D eigenvalue weighted by atomic mass is 10.1. The standard InChI is InChI=1S/C10H21ClN2O3S/c1-10(2)9-16-8-7-13(10)17(14,15)12(3)6-4-5-11/h4-9H2,1-3H3. The fourth-order valence-electron chi connectivity index (χ4n) is 1.84. The fourth-order valence-corrected chi connectivity index (χ4v) is 3.64. The van der Waals surface area contributed by atoms with Crippen molar-refractivity contribution in [2.24, 2.45) is 0 Å². The van der Waals surface area contributed by atoms with Crippen LogP contribution in [-0.4, -0.2) is 61.8 Å². The predicted molar refractivity (Wildman–Crippen MR) is 68.5 cm³/mol. The number of halogens is 1. The molecule has 0 radical (unpaired) electrons. The molecule has 0 atom stereocenters. The summed E-state index contributed by atoms with van der Waals surface area (Å²) < 4.78 is 32.9. The van der Waals surface area contributed by atoms with Crippen molar-refractivity contribution in [3.8, 4) is 0 Å². The normalized spacial score (nSPS) is 21.9. The fraction of sp³-hybridized carbons (Fsp3) is 1.00. The summed E-state index contributed by atoms with van der Waals surface area (Å²) in [5.41, 5.74) is -0.494. The maximum Gasteiger partial charge on any atom is 0.282 e. The van der Waals surface area contributed by atoms with Crippen LogP contribution in [0.1, 0.15) is 20.3 Å². The van der Waals surface area contributed by atoms with Gasteiger partial charge in [-0.25, -0.2) is 0 Å². The number of morpholine rings is 1. The number of alkyl halides is 1. The lowest BCUT2D eigenvalue weighted by Crippen LogP contribution is -2.58. The average molecular weight is 285 g/mol. The molecular weight excluding hydrogens is 264 g/mol. The molecular formula is C10H21ClN2O3S. The van der Waals surface area contributed by atoms with Crippen molar-refractivity contribution < 1.29 is 13.2 Å². The molecule has 1 aliphatic rings. The van der Waals surface area contributed by atoms with Crippen LogP contribution in [0.2, 0.25) is 0 Å². The van der Waals surface area contributed by atoms with Crippen LogP contribution in [0.4, 0.5) is 0 Å². The van der Waals surface area contributed by atoms with Gasteiger partial charge in [-0.3, -0.25) is 0 Å². The highest BCUT2D eigenvalue weighted by Crippen LogP contribution is 2.24. The first kappa shape index (κ1) is 15.2. The molecule has 1 fully saturated rings. The third kappa shape index (κ3) is 3.54. The molecule has 0 N–H and O–H groups in total. The summed E-state index contributed by atoms with van der Waals surface area (Å²) in [4.78, 5) is 0. The Hall–Kier alpha value is 0.120. The average Bonchev–Trinajstić information content (AvgIpc) is 2.24. The van der Waals surface area contributed by atoms with Gasteiger partial charge in [0.05, 0.1) is 18.8 Å². The summed E-state index contributed by atoms with van der Waals surface area (Å²) in [7, 11) is -1.82. The molecule has 1 heterocycles. The largest absolute Gasteiger partial charge is 0.378 e. The van der Waals surface area contributed by atoms with E-state index in [1.807, 2.05) is 13.8 Å². The van der Waals surface area contributed by atoms with Crippen LogP contribution in [0.15, 0.2) is 0 Å². The van der Waals surface area contributed by atoms with Gasteiger partial charge in [-0.05, 0) is 20.3 Å². The van der Waals surface area contributed by atoms with Crippen LogP contribution in [0.3, 0.4) is 0 Å². The Balaban J connectivity index is 2.81. The van der Waals surface area contributed by atoms with Gasteiger partial charge in [-0.15, -0.1) is 11.6 Å². The van der Waals surface area contributed by atoms with Crippen molar-refractivity contribution in [1.82, 2.24) is 8.61 Å². The van der Waals surface area contributed by atoms with Gasteiger partial charge in [0.2, 0.25) is 0 Å². The Bertz CT molecular complexity index is 345. The lowest BCUT2D eigenvalue weighted by Gasteiger charge is -2.42. The highest BCUT2D eigenvalue weighted by atomic mass is 35.5. The molecule has 102 valence electrons. The molecule has 7 heteroatoms. The highest BCUT2D eigenvalue weighted by Gasteiger charge is 2.40. The highest BCUT2D eigenvalue weighted by molar-refractivity contribution is 7.86. The predicted octanol–water partition coefficient (Wildman–Crippen LogP) is 0.903. The van der Waals surface area contributed by atoms with Crippen molar-refractivity contribution in [3.63, 3.8) is 0 Å². The Morgan fingerprint density at radius 3 is 2.65 bits per heavy atom. The van der Waals surface area contributed by atoms with E-state index in [4.69, 9.17) is 16.3 Å². The van der Waals surface area contributed by atoms with Crippen LogP contribution in [-0.2, 0) is 14.9 Å². The van der Waals surface area contributed by atoms with Gasteiger partial charge >= 0.3 is 0 Å². The van der Waals surface area contributed by atoms with Crippen molar-refractivity contribution >= 4 is 21.8 Å². The zero-order valence-electron chi connectivity index (χ0n) is 10.6. The summed E-state index contributed by atoms with van der Waals surface area (Å²) in [6, 6.07) is 0. The molecule has 17 heavy (non-hydrogen) atoms. The minimum absolute atomic E-state index is 0.403. The first-order chi connectivity index (χ1) is 7.82. The number of hydrogen-bond acceptors (Lipinski definition) is 3. The Morgan fingerprint density at radius 2 is 2.12 bits per heavy atom. The molecule has 0 aromatic rings. The number of hydrogen-bond donors (Lipinski definition) is 0. The zero-order valence-corrected chi connectivity index (χ0v) is 12.2. The van der Waals surface area contributed by atoms with Gasteiger partial charge in [-0.1, -0.05) is 0 Å². The Labute approximate surface area is 109 Å². The van der Waals surface area contributed by atoms with Gasteiger partial charge in [0.1, 0.15) is 0 Å². The maximum atomic E-state index is 12.4. The molecule has 0 spiro atoms. The molecule has 0 unspecified atom stereocenters. The molecule has 0 aromatic carbocycles. The topological polar surface area (TPSA) is 49.9 Å². The molecule has 0 aliphatic carbocycles. The molecule has 1 aliphatic heterocycles. The second kappa shape index (κ2) is 5.84. The molecule has 1 saturated heterocycles. The minimum Gasteiger partial charge on any atom is -0.378 e. The van der Waals surface area contributed by atoms with Gasteiger partial charge in [0.25, 0.3) is 10.2 Å². The van der Waals surface area contributed by atoms with Gasteiger partial charge in [0, 0.05) is 26.0 Å². The molecule has 0 aromatic heterocycles. The van der Waals surface area contributed by atoms with Crippen LogP contribution in [0, 0.1) is 0 Å². The monoisotopic (exact) mass is 284 g/mol. The van der Waals surface area contributed by atoms with E-state index in [0.717, 1.165) is 0 Å². The quantitative estimate of drug-likeness (QED) is 0.705. The van der Waals surface area contributed by atoms with E-state index in [9.17, 15) is 8.42 Å². The third-order valence-electron chi connectivity index (χ3n) is 2.85. The Kier molecular flexibility index (Phi) is 5.21. The number of nitrogens with zero attached hydrogens (tertiary/aromatic N) is 2. The molecule has 0 saturated carbocycles. The van der Waals surface area contributed by atoms with Crippen molar-refractivity contribution in [3.05, 3.63) is 0 Å². The van der Waals surface area contributed by atoms with Gasteiger partial charge < -0.3 is 4.74 Å². The number of rotatable bonds is 5. The molecule has 0 amide bonds. The summed E-state index contributed by atoms with van der Waals surface area (Å²) in [6.45, 7) is 5.47. The third-order valence-corrected chi connectivity index (χ3v) is 5.32. The zero-order chi connectivity index (χ0) is 13.1. The summed E-state index contributed by atoms with van der Waals surface area (Å²) in [5.74, 6) is 0.465. The van der Waals surface area contributed by atoms with Gasteiger partial charge in [-0.2, -0.15) is 17.0 Å². The van der Waals surface area contributed by atoms with Crippen molar-refractivity contribution in [2.75, 3.05) is 39.2 Å². The Morgan fingerprint density at radius 1 is 1.47 bits per heavy atom. The van der Waals surface area contributed by atoms with Crippen LogP contribution >= 0.6 is 11.6 Å². The minimum atomic E-state index is -3.41. The van der Waals surface area contributed by atoms with E-state index in [1.54, 1.807) is 7.05 Å². The SMILES string of the molecule is CN(CCCCl)S(=O)(=O)N1CCOCC1(C)C. The van der Waals surface area contributed by atoms with E-state index >= 15 is 0 Å². The van der Waals surface area contributed by atoms with Crippen molar-refractivity contribution in [1.29, 1.82) is 0 Å². The van der Waals surface area contributed by atoms with E-state index in [2.05, 4.69) is 0 Å². The van der Waals surface area contributed by atoms with E-state index < -0.39 is 15.7 Å². The second-order valence-corrected chi connectivity index (χ2v) is 7.15. The summed E-state index contributed by atoms with van der Waals surface area (Å²) >= 11 is 5.58. The first-order valence-corrected chi connectivity index (χ1v) is 7.63. The summed E-state index contributed by atoms with van der Waals surface area (Å²) in [6.07, 6.45) is 0.655. The second-order valence-electron chi connectivity index (χ2n) is 4.81. The smallest absolute Gasteiger partial charge is 0.282 e. The van der Waals surface area contributed by atoms with E-state index in [0.29, 0.717) is 38.6 Å². The number of ether oxygens (including phenoxy) is 1. The molecule has 1 rings (SSSR count). The van der Waals surface area contributed by atoms with Crippen LogP contribution in [0.5, 0.6) is 0 Å². The molecule has 5 nitrogen and oxygen atoms in total. The lowest BCUT2D eigenvalue weighted by molar-refractivity contribution is -0.0101. The maximum absolute atomic E-state index is 12.4. The van der Waals surface area contributed by atoms with Crippen molar-refractivity contribution in [2.45, 2.75) is 25.8 Å². The van der Waals surface area contributed by atoms with Crippen LogP contribution in [0.25, 0.3) is 0 Å².